The van der Waals surface area contributed by atoms with Crippen LogP contribution in [0.1, 0.15) is 27.2 Å². The number of hydrogen-bond acceptors (Lipinski definition) is 2. The molecule has 1 amide bonds. The Morgan fingerprint density at radius 1 is 1.29 bits per heavy atom. The van der Waals surface area contributed by atoms with E-state index in [2.05, 4.69) is 0 Å². The van der Waals surface area contributed by atoms with Crippen LogP contribution >= 0.6 is 0 Å². The fraction of sp³-hybridized carbons (Fsp3) is 0.900. The Kier molecular flexibility index (Phi) is 5.38. The van der Waals surface area contributed by atoms with Gasteiger partial charge in [0, 0.05) is 12.5 Å². The van der Waals surface area contributed by atoms with Gasteiger partial charge in [-0.3, -0.25) is 4.79 Å². The maximum Gasteiger partial charge on any atom is 0.324 e. The van der Waals surface area contributed by atoms with E-state index in [4.69, 9.17) is 5.73 Å². The topological polar surface area (TPSA) is 55.1 Å². The van der Waals surface area contributed by atoms with E-state index in [1.165, 1.54) is 0 Å². The Morgan fingerprint density at radius 2 is 1.76 bits per heavy atom. The highest BCUT2D eigenvalue weighted by Crippen LogP contribution is 2.22. The molecule has 0 saturated carbocycles. The molecular weight excluding hydrogens is 240 g/mol. The monoisotopic (exact) mass is 258 g/mol. The minimum atomic E-state index is -4.21. The van der Waals surface area contributed by atoms with E-state index in [1.807, 2.05) is 0 Å². The van der Waals surface area contributed by atoms with Crippen LogP contribution in [0.15, 0.2) is 0 Å². The first-order valence-electron chi connectivity index (χ1n) is 5.15. The van der Waals surface area contributed by atoms with Crippen molar-refractivity contribution in [2.45, 2.75) is 45.6 Å². The first-order chi connectivity index (χ1) is 7.47. The Bertz CT molecular complexity index is 264. The summed E-state index contributed by atoms with van der Waals surface area (Å²) < 4.78 is 48.5. The van der Waals surface area contributed by atoms with Gasteiger partial charge in [0.1, 0.15) is 0 Å². The molecule has 3 nitrogen and oxygen atoms in total. The van der Waals surface area contributed by atoms with Crippen molar-refractivity contribution in [1.29, 1.82) is 0 Å². The number of hydrogen-bond donors (Lipinski definition) is 2. The summed E-state index contributed by atoms with van der Waals surface area (Å²) in [5.41, 5.74) is 5.30. The third-order valence-electron chi connectivity index (χ3n) is 2.36. The maximum absolute atomic E-state index is 12.5. The van der Waals surface area contributed by atoms with E-state index < -0.39 is 30.8 Å². The molecule has 0 aromatic carbocycles. The van der Waals surface area contributed by atoms with Gasteiger partial charge in [0.15, 0.2) is 0 Å². The number of carbonyl (C=O) groups excluding carboxylic acids is 1. The third kappa shape index (κ3) is 5.86. The lowest BCUT2D eigenvalue weighted by molar-refractivity contribution is -0.136. The van der Waals surface area contributed by atoms with E-state index >= 15 is 0 Å². The molecule has 0 heterocycles. The number of alkyl halides is 4. The lowest BCUT2D eigenvalue weighted by Gasteiger charge is -2.26. The first-order valence-corrected chi connectivity index (χ1v) is 5.15. The molecule has 0 spiro atoms. The van der Waals surface area contributed by atoms with E-state index in [0.29, 0.717) is 0 Å². The molecule has 17 heavy (non-hydrogen) atoms. The van der Waals surface area contributed by atoms with Gasteiger partial charge in [-0.1, -0.05) is 20.8 Å². The second kappa shape index (κ2) is 5.66. The summed E-state index contributed by atoms with van der Waals surface area (Å²) in [6, 6.07) is -0.525. The van der Waals surface area contributed by atoms with E-state index in [0.717, 1.165) is 0 Å². The van der Waals surface area contributed by atoms with Crippen molar-refractivity contribution in [2.75, 3.05) is 6.54 Å². The van der Waals surface area contributed by atoms with Crippen molar-refractivity contribution in [1.82, 2.24) is 5.32 Å². The molecule has 0 radical (unpaired) electrons. The van der Waals surface area contributed by atoms with Crippen molar-refractivity contribution in [2.24, 2.45) is 11.1 Å². The zero-order chi connectivity index (χ0) is 13.9. The maximum atomic E-state index is 12.5. The average Bonchev–Trinajstić information content (AvgIpc) is 2.13. The zero-order valence-electron chi connectivity index (χ0n) is 10.1. The van der Waals surface area contributed by atoms with Crippen molar-refractivity contribution in [3.8, 4) is 0 Å². The molecule has 3 N–H and O–H groups in total. The average molecular weight is 258 g/mol. The van der Waals surface area contributed by atoms with Crippen LogP contribution < -0.4 is 11.1 Å². The van der Waals surface area contributed by atoms with Gasteiger partial charge >= 0.3 is 12.3 Å². The van der Waals surface area contributed by atoms with Crippen LogP contribution in [0.3, 0.4) is 0 Å². The standard InChI is InChI=1S/C10H18F4N2O/c1-9(2,3)6(15)4-7(17)16-5-10(13,14)8(11)12/h6,8H,4-5,15H2,1-3H3,(H,16,17). The number of rotatable bonds is 5. The molecule has 0 saturated heterocycles. The van der Waals surface area contributed by atoms with Crippen molar-refractivity contribution >= 4 is 5.91 Å². The van der Waals surface area contributed by atoms with Crippen LogP contribution in [0.5, 0.6) is 0 Å². The van der Waals surface area contributed by atoms with Gasteiger partial charge in [-0.05, 0) is 5.41 Å². The molecule has 0 aromatic rings. The number of halogens is 4. The predicted octanol–water partition coefficient (Wildman–Crippen LogP) is 1.77. The van der Waals surface area contributed by atoms with Gasteiger partial charge in [-0.25, -0.2) is 8.78 Å². The summed E-state index contributed by atoms with van der Waals surface area (Å²) >= 11 is 0. The van der Waals surface area contributed by atoms with Crippen LogP contribution in [-0.2, 0) is 4.79 Å². The van der Waals surface area contributed by atoms with Gasteiger partial charge in [0.05, 0.1) is 6.54 Å². The first kappa shape index (κ1) is 16.1. The zero-order valence-corrected chi connectivity index (χ0v) is 10.1. The summed E-state index contributed by atoms with van der Waals surface area (Å²) in [5.74, 6) is -4.96. The summed E-state index contributed by atoms with van der Waals surface area (Å²) in [7, 11) is 0. The van der Waals surface area contributed by atoms with Gasteiger partial charge < -0.3 is 11.1 Å². The second-order valence-corrected chi connectivity index (χ2v) is 5.02. The molecule has 1 unspecified atom stereocenters. The minimum Gasteiger partial charge on any atom is -0.350 e. The SMILES string of the molecule is CC(C)(C)C(N)CC(=O)NCC(F)(F)C(F)F. The van der Waals surface area contributed by atoms with E-state index in [9.17, 15) is 22.4 Å². The lowest BCUT2D eigenvalue weighted by atomic mass is 9.85. The number of nitrogens with two attached hydrogens (primary N) is 1. The van der Waals surface area contributed by atoms with Crippen LogP contribution in [0.2, 0.25) is 0 Å². The third-order valence-corrected chi connectivity index (χ3v) is 2.36. The van der Waals surface area contributed by atoms with Crippen LogP contribution in [0, 0.1) is 5.41 Å². The van der Waals surface area contributed by atoms with Crippen molar-refractivity contribution in [3.05, 3.63) is 0 Å². The molecule has 7 heteroatoms. The molecule has 0 aromatic heterocycles. The number of nitrogens with one attached hydrogen (secondary N) is 1. The molecule has 0 aliphatic heterocycles. The molecule has 0 bridgehead atoms. The Morgan fingerprint density at radius 3 is 2.12 bits per heavy atom. The predicted molar refractivity (Wildman–Crippen MR) is 56.0 cm³/mol. The second-order valence-electron chi connectivity index (χ2n) is 5.02. The van der Waals surface area contributed by atoms with Crippen LogP contribution in [-0.4, -0.2) is 30.8 Å². The van der Waals surface area contributed by atoms with Crippen molar-refractivity contribution < 1.29 is 22.4 Å². The molecular formula is C10H18F4N2O. The minimum absolute atomic E-state index is 0.178. The van der Waals surface area contributed by atoms with Gasteiger partial charge in [-0.2, -0.15) is 8.78 Å². The molecule has 1 atom stereocenters. The summed E-state index contributed by atoms with van der Waals surface area (Å²) in [6.45, 7) is 4.00. The van der Waals surface area contributed by atoms with Crippen LogP contribution in [0.25, 0.3) is 0 Å². The lowest BCUT2D eigenvalue weighted by Crippen LogP contribution is -2.45. The van der Waals surface area contributed by atoms with Crippen molar-refractivity contribution in [3.63, 3.8) is 0 Å². The highest BCUT2D eigenvalue weighted by molar-refractivity contribution is 5.76. The Balaban J connectivity index is 4.14. The van der Waals surface area contributed by atoms with Crippen LogP contribution in [0.4, 0.5) is 17.6 Å². The molecule has 102 valence electrons. The highest BCUT2D eigenvalue weighted by atomic mass is 19.3. The number of amides is 1. The molecule has 0 aliphatic carbocycles. The van der Waals surface area contributed by atoms with E-state index in [1.54, 1.807) is 26.1 Å². The Hall–Kier alpha value is -0.850. The fourth-order valence-electron chi connectivity index (χ4n) is 0.872. The summed E-state index contributed by atoms with van der Waals surface area (Å²) in [4.78, 5) is 11.2. The Labute approximate surface area is 97.7 Å². The largest absolute Gasteiger partial charge is 0.350 e. The fourth-order valence-corrected chi connectivity index (χ4v) is 0.872. The van der Waals surface area contributed by atoms with E-state index in [-0.39, 0.29) is 11.8 Å². The van der Waals surface area contributed by atoms with Gasteiger partial charge in [0.25, 0.3) is 0 Å². The highest BCUT2D eigenvalue weighted by Gasteiger charge is 2.40. The molecule has 0 rings (SSSR count). The molecule has 0 aliphatic rings. The smallest absolute Gasteiger partial charge is 0.324 e. The normalized spacial score (nSPS) is 14.9. The summed E-state index contributed by atoms with van der Waals surface area (Å²) in [6.07, 6.45) is -3.97. The quantitative estimate of drug-likeness (QED) is 0.738. The van der Waals surface area contributed by atoms with Gasteiger partial charge in [0.2, 0.25) is 5.91 Å². The molecule has 0 fully saturated rings. The van der Waals surface area contributed by atoms with Gasteiger partial charge in [-0.15, -0.1) is 0 Å². The summed E-state index contributed by atoms with van der Waals surface area (Å²) in [5, 5.41) is 1.76. The number of carbonyl (C=O) groups is 1.